The summed E-state index contributed by atoms with van der Waals surface area (Å²) < 4.78 is 27.0. The number of nitrogens with one attached hydrogen (secondary N) is 1. The Morgan fingerprint density at radius 1 is 1.22 bits per heavy atom. The zero-order valence-electron chi connectivity index (χ0n) is 11.7. The molecule has 0 saturated heterocycles. The molecule has 1 N–H and O–H groups in total. The molecular formula is C13H26BrNO2S. The number of alkyl halides is 1. The Kier molecular flexibility index (Phi) is 6.13. The molecule has 1 saturated carbocycles. The van der Waals surface area contributed by atoms with Crippen LogP contribution in [0.1, 0.15) is 59.3 Å². The minimum absolute atomic E-state index is 0.166. The van der Waals surface area contributed by atoms with Crippen LogP contribution in [-0.2, 0) is 10.0 Å². The molecule has 1 fully saturated rings. The van der Waals surface area contributed by atoms with Crippen LogP contribution in [0, 0.1) is 5.41 Å². The third kappa shape index (κ3) is 6.02. The number of rotatable bonds is 5. The summed E-state index contributed by atoms with van der Waals surface area (Å²) in [7, 11) is -3.11. The Morgan fingerprint density at radius 2 is 1.78 bits per heavy atom. The molecule has 1 unspecified atom stereocenters. The minimum atomic E-state index is -3.11. The summed E-state index contributed by atoms with van der Waals surface area (Å²) in [5.41, 5.74) is 0.213. The van der Waals surface area contributed by atoms with Gasteiger partial charge in [-0.1, -0.05) is 56.0 Å². The zero-order chi connectivity index (χ0) is 13.8. The highest BCUT2D eigenvalue weighted by molar-refractivity contribution is 9.09. The van der Waals surface area contributed by atoms with Crippen molar-refractivity contribution in [3.63, 3.8) is 0 Å². The predicted molar refractivity (Wildman–Crippen MR) is 80.6 cm³/mol. The zero-order valence-corrected chi connectivity index (χ0v) is 14.1. The van der Waals surface area contributed by atoms with Crippen LogP contribution in [0.3, 0.4) is 0 Å². The first kappa shape index (κ1) is 16.4. The highest BCUT2D eigenvalue weighted by Crippen LogP contribution is 2.26. The van der Waals surface area contributed by atoms with E-state index in [-0.39, 0.29) is 15.5 Å². The summed E-state index contributed by atoms with van der Waals surface area (Å²) >= 11 is 3.56. The quantitative estimate of drug-likeness (QED) is 0.780. The van der Waals surface area contributed by atoms with Crippen LogP contribution < -0.4 is 4.72 Å². The molecule has 0 aromatic rings. The lowest BCUT2D eigenvalue weighted by molar-refractivity contribution is 0.373. The summed E-state index contributed by atoms with van der Waals surface area (Å²) in [6.45, 7) is 6.99. The monoisotopic (exact) mass is 339 g/mol. The van der Waals surface area contributed by atoms with Gasteiger partial charge in [-0.3, -0.25) is 0 Å². The molecule has 3 nitrogen and oxygen atoms in total. The van der Waals surface area contributed by atoms with E-state index in [1.54, 1.807) is 0 Å². The second kappa shape index (κ2) is 6.71. The molecular weight excluding hydrogens is 314 g/mol. The molecule has 0 radical (unpaired) electrons. The van der Waals surface area contributed by atoms with Crippen molar-refractivity contribution < 1.29 is 8.42 Å². The first-order valence-electron chi connectivity index (χ1n) is 6.83. The van der Waals surface area contributed by atoms with E-state index in [9.17, 15) is 8.42 Å². The lowest BCUT2D eigenvalue weighted by Gasteiger charge is -2.25. The van der Waals surface area contributed by atoms with Crippen molar-refractivity contribution in [3.05, 3.63) is 0 Å². The van der Waals surface area contributed by atoms with E-state index in [2.05, 4.69) is 41.4 Å². The van der Waals surface area contributed by atoms with Gasteiger partial charge in [-0.25, -0.2) is 13.1 Å². The third-order valence-corrected chi connectivity index (χ3v) is 5.90. The van der Waals surface area contributed by atoms with Gasteiger partial charge in [0.1, 0.15) is 0 Å². The van der Waals surface area contributed by atoms with Crippen LogP contribution in [0.5, 0.6) is 0 Å². The van der Waals surface area contributed by atoms with Gasteiger partial charge in [0.25, 0.3) is 0 Å². The SMILES string of the molecule is CC(C)(C)CC(Br)CNS(=O)(=O)C1CCCCC1. The second-order valence-corrected chi connectivity index (χ2v) is 9.86. The van der Waals surface area contributed by atoms with E-state index in [1.165, 1.54) is 6.42 Å². The molecule has 0 amide bonds. The average molecular weight is 340 g/mol. The van der Waals surface area contributed by atoms with Crippen molar-refractivity contribution in [2.75, 3.05) is 6.54 Å². The highest BCUT2D eigenvalue weighted by atomic mass is 79.9. The first-order valence-corrected chi connectivity index (χ1v) is 9.29. The van der Waals surface area contributed by atoms with Gasteiger partial charge in [-0.05, 0) is 24.7 Å². The maximum absolute atomic E-state index is 12.1. The van der Waals surface area contributed by atoms with Crippen molar-refractivity contribution >= 4 is 26.0 Å². The van der Waals surface area contributed by atoms with Crippen LogP contribution >= 0.6 is 15.9 Å². The van der Waals surface area contributed by atoms with E-state index in [0.29, 0.717) is 6.54 Å². The molecule has 1 aliphatic rings. The minimum Gasteiger partial charge on any atom is -0.214 e. The van der Waals surface area contributed by atoms with Gasteiger partial charge in [-0.15, -0.1) is 0 Å². The molecule has 0 heterocycles. The molecule has 1 rings (SSSR count). The largest absolute Gasteiger partial charge is 0.214 e. The Morgan fingerprint density at radius 3 is 2.28 bits per heavy atom. The highest BCUT2D eigenvalue weighted by Gasteiger charge is 2.27. The topological polar surface area (TPSA) is 46.2 Å². The summed E-state index contributed by atoms with van der Waals surface area (Å²) in [6, 6.07) is 0. The summed E-state index contributed by atoms with van der Waals surface area (Å²) in [4.78, 5) is 0.205. The summed E-state index contributed by atoms with van der Waals surface area (Å²) in [6.07, 6.45) is 5.87. The predicted octanol–water partition coefficient (Wildman–Crippen LogP) is 3.44. The number of halogens is 1. The van der Waals surface area contributed by atoms with Crippen molar-refractivity contribution in [2.45, 2.75) is 69.4 Å². The van der Waals surface area contributed by atoms with Gasteiger partial charge < -0.3 is 0 Å². The fourth-order valence-electron chi connectivity index (χ4n) is 2.44. The number of hydrogen-bond acceptors (Lipinski definition) is 2. The van der Waals surface area contributed by atoms with E-state index >= 15 is 0 Å². The molecule has 0 aromatic carbocycles. The normalized spacial score (nSPS) is 20.9. The van der Waals surface area contributed by atoms with Gasteiger partial charge in [0, 0.05) is 11.4 Å². The van der Waals surface area contributed by atoms with Gasteiger partial charge >= 0.3 is 0 Å². The Balaban J connectivity index is 2.41. The number of sulfonamides is 1. The fraction of sp³-hybridized carbons (Fsp3) is 1.00. The molecule has 108 valence electrons. The summed E-state index contributed by atoms with van der Waals surface area (Å²) in [5, 5.41) is -0.166. The average Bonchev–Trinajstić information content (AvgIpc) is 2.26. The van der Waals surface area contributed by atoms with Crippen molar-refractivity contribution in [1.29, 1.82) is 0 Å². The summed E-state index contributed by atoms with van der Waals surface area (Å²) in [5.74, 6) is 0. The van der Waals surface area contributed by atoms with E-state index in [1.807, 2.05) is 0 Å². The van der Waals surface area contributed by atoms with Crippen LogP contribution in [-0.4, -0.2) is 25.0 Å². The first-order chi connectivity index (χ1) is 8.21. The third-order valence-electron chi connectivity index (χ3n) is 3.33. The van der Waals surface area contributed by atoms with E-state index < -0.39 is 10.0 Å². The Hall–Kier alpha value is 0.390. The van der Waals surface area contributed by atoms with Gasteiger partial charge in [0.05, 0.1) is 5.25 Å². The van der Waals surface area contributed by atoms with Gasteiger partial charge in [0.15, 0.2) is 0 Å². The van der Waals surface area contributed by atoms with Crippen LogP contribution in [0.15, 0.2) is 0 Å². The van der Waals surface area contributed by atoms with Crippen molar-refractivity contribution in [2.24, 2.45) is 5.41 Å². The maximum atomic E-state index is 12.1. The molecule has 0 bridgehead atoms. The van der Waals surface area contributed by atoms with Crippen LogP contribution in [0.2, 0.25) is 0 Å². The lowest BCUT2D eigenvalue weighted by atomic mass is 9.91. The molecule has 1 aliphatic carbocycles. The number of hydrogen-bond donors (Lipinski definition) is 1. The van der Waals surface area contributed by atoms with E-state index in [0.717, 1.165) is 32.1 Å². The Labute approximate surface area is 120 Å². The van der Waals surface area contributed by atoms with Gasteiger partial charge in [0.2, 0.25) is 10.0 Å². The fourth-order valence-corrected chi connectivity index (χ4v) is 5.41. The molecule has 0 spiro atoms. The maximum Gasteiger partial charge on any atom is 0.214 e. The molecule has 18 heavy (non-hydrogen) atoms. The standard InChI is InChI=1S/C13H26BrNO2S/c1-13(2,3)9-11(14)10-15-18(16,17)12-7-5-4-6-8-12/h11-12,15H,4-10H2,1-3H3. The second-order valence-electron chi connectivity index (χ2n) is 6.52. The van der Waals surface area contributed by atoms with Crippen molar-refractivity contribution in [1.82, 2.24) is 4.72 Å². The lowest BCUT2D eigenvalue weighted by Crippen LogP contribution is -2.39. The smallest absolute Gasteiger partial charge is 0.214 e. The van der Waals surface area contributed by atoms with Crippen LogP contribution in [0.25, 0.3) is 0 Å². The Bertz CT molecular complexity index is 342. The molecule has 0 aliphatic heterocycles. The van der Waals surface area contributed by atoms with E-state index in [4.69, 9.17) is 0 Å². The molecule has 1 atom stereocenters. The van der Waals surface area contributed by atoms with Crippen molar-refractivity contribution in [3.8, 4) is 0 Å². The molecule has 0 aromatic heterocycles. The molecule has 5 heteroatoms. The van der Waals surface area contributed by atoms with Crippen LogP contribution in [0.4, 0.5) is 0 Å². The van der Waals surface area contributed by atoms with Gasteiger partial charge in [-0.2, -0.15) is 0 Å².